The van der Waals surface area contributed by atoms with Gasteiger partial charge in [0.05, 0.1) is 33.3 Å². The molecule has 0 amide bonds. The number of hydrogen-bond donors (Lipinski definition) is 0. The fraction of sp³-hybridized carbons (Fsp3) is 0. The number of benzene rings is 3. The molecule has 0 N–H and O–H groups in total. The molecule has 0 aliphatic heterocycles. The van der Waals surface area contributed by atoms with Gasteiger partial charge < -0.3 is 9.47 Å². The first-order valence-corrected chi connectivity index (χ1v) is 8.19. The monoisotopic (exact) mass is 380 g/mol. The van der Waals surface area contributed by atoms with Crippen molar-refractivity contribution in [1.82, 2.24) is 0 Å². The Morgan fingerprint density at radius 1 is 0.615 bits per heavy atom. The zero-order chi connectivity index (χ0) is 18.5. The van der Waals surface area contributed by atoms with Crippen molar-refractivity contribution in [2.45, 2.75) is 0 Å². The number of halogens is 2. The summed E-state index contributed by atoms with van der Waals surface area (Å²) in [6, 6.07) is 20.6. The van der Waals surface area contributed by atoms with Gasteiger partial charge in [-0.1, -0.05) is 29.3 Å². The number of rotatable bonds is 4. The van der Waals surface area contributed by atoms with Gasteiger partial charge in [-0.3, -0.25) is 0 Å². The predicted molar refractivity (Wildman–Crippen MR) is 98.9 cm³/mol. The molecule has 3 aromatic carbocycles. The average molecular weight is 381 g/mol. The molecule has 6 heteroatoms. The molecule has 3 rings (SSSR count). The lowest BCUT2D eigenvalue weighted by Crippen LogP contribution is -1.89. The van der Waals surface area contributed by atoms with Gasteiger partial charge in [0, 0.05) is 12.1 Å². The van der Waals surface area contributed by atoms with E-state index < -0.39 is 0 Å². The van der Waals surface area contributed by atoms with Crippen molar-refractivity contribution in [1.29, 1.82) is 10.5 Å². The second kappa shape index (κ2) is 7.80. The van der Waals surface area contributed by atoms with E-state index in [2.05, 4.69) is 0 Å². The van der Waals surface area contributed by atoms with Gasteiger partial charge >= 0.3 is 0 Å². The van der Waals surface area contributed by atoms with E-state index in [4.69, 9.17) is 43.2 Å². The van der Waals surface area contributed by atoms with Gasteiger partial charge in [-0.15, -0.1) is 0 Å². The van der Waals surface area contributed by atoms with Crippen LogP contribution in [0, 0.1) is 22.7 Å². The summed E-state index contributed by atoms with van der Waals surface area (Å²) >= 11 is 11.9. The van der Waals surface area contributed by atoms with Crippen LogP contribution in [0.2, 0.25) is 10.0 Å². The van der Waals surface area contributed by atoms with Crippen molar-refractivity contribution >= 4 is 23.2 Å². The van der Waals surface area contributed by atoms with E-state index in [0.29, 0.717) is 44.2 Å². The van der Waals surface area contributed by atoms with E-state index in [9.17, 15) is 0 Å². The third-order valence-electron chi connectivity index (χ3n) is 3.33. The van der Waals surface area contributed by atoms with E-state index in [1.165, 1.54) is 6.07 Å². The molecule has 0 fully saturated rings. The van der Waals surface area contributed by atoms with Crippen molar-refractivity contribution in [3.05, 3.63) is 81.8 Å². The van der Waals surface area contributed by atoms with Crippen LogP contribution in [-0.4, -0.2) is 0 Å². The second-order valence-corrected chi connectivity index (χ2v) is 6.04. The molecular formula is C20H10Cl2N2O2. The maximum atomic E-state index is 9.04. The Morgan fingerprint density at radius 2 is 1.19 bits per heavy atom. The minimum Gasteiger partial charge on any atom is -0.457 e. The van der Waals surface area contributed by atoms with Gasteiger partial charge in [0.15, 0.2) is 0 Å². The van der Waals surface area contributed by atoms with Crippen LogP contribution >= 0.6 is 23.2 Å². The molecule has 0 saturated heterocycles. The number of nitriles is 2. The summed E-state index contributed by atoms with van der Waals surface area (Å²) in [5, 5.41) is 18.9. The second-order valence-electron chi connectivity index (χ2n) is 5.22. The molecule has 126 valence electrons. The Balaban J connectivity index is 1.83. The molecule has 0 aliphatic carbocycles. The van der Waals surface area contributed by atoms with Crippen LogP contribution in [0.5, 0.6) is 23.0 Å². The van der Waals surface area contributed by atoms with Gasteiger partial charge in [-0.05, 0) is 42.5 Å². The Morgan fingerprint density at radius 3 is 1.77 bits per heavy atom. The normalized spacial score (nSPS) is 9.85. The molecular weight excluding hydrogens is 371 g/mol. The molecule has 0 aromatic heterocycles. The molecule has 0 unspecified atom stereocenters. The fourth-order valence-electron chi connectivity index (χ4n) is 2.20. The number of hydrogen-bond acceptors (Lipinski definition) is 4. The molecule has 3 aromatic rings. The highest BCUT2D eigenvalue weighted by atomic mass is 35.5. The van der Waals surface area contributed by atoms with Crippen molar-refractivity contribution in [3.63, 3.8) is 0 Å². The summed E-state index contributed by atoms with van der Waals surface area (Å²) in [5.41, 5.74) is 0.699. The van der Waals surface area contributed by atoms with Gasteiger partial charge in [0.1, 0.15) is 23.0 Å². The van der Waals surface area contributed by atoms with Crippen molar-refractivity contribution in [2.24, 2.45) is 0 Å². The Labute approximate surface area is 160 Å². The maximum Gasteiger partial charge on any atom is 0.131 e. The predicted octanol–water partition coefficient (Wildman–Crippen LogP) is 6.32. The first-order valence-electron chi connectivity index (χ1n) is 7.43. The molecule has 0 aliphatic rings. The smallest absolute Gasteiger partial charge is 0.131 e. The summed E-state index contributed by atoms with van der Waals surface area (Å²) in [6.07, 6.45) is 0. The summed E-state index contributed by atoms with van der Waals surface area (Å²) in [4.78, 5) is 0. The number of nitrogens with zero attached hydrogens (tertiary/aromatic N) is 2. The zero-order valence-corrected chi connectivity index (χ0v) is 14.8. The third-order valence-corrected chi connectivity index (χ3v) is 4.07. The summed E-state index contributed by atoms with van der Waals surface area (Å²) in [6.45, 7) is 0. The van der Waals surface area contributed by atoms with Crippen molar-refractivity contribution < 1.29 is 9.47 Å². The van der Waals surface area contributed by atoms with Crippen LogP contribution in [0.3, 0.4) is 0 Å². The number of ether oxygens (including phenoxy) is 2. The van der Waals surface area contributed by atoms with E-state index in [-0.39, 0.29) is 0 Å². The highest BCUT2D eigenvalue weighted by Gasteiger charge is 2.06. The standard InChI is InChI=1S/C20H10Cl2N2O2/c21-19-5-4-17(10-20(19)22)25-15-2-1-3-16(9-15)26-18-7-13(11-23)6-14(8-18)12-24/h1-10H. The maximum absolute atomic E-state index is 9.04. The summed E-state index contributed by atoms with van der Waals surface area (Å²) < 4.78 is 11.5. The highest BCUT2D eigenvalue weighted by Crippen LogP contribution is 2.32. The molecule has 0 bridgehead atoms. The zero-order valence-electron chi connectivity index (χ0n) is 13.2. The average Bonchev–Trinajstić information content (AvgIpc) is 2.64. The molecule has 0 heterocycles. The van der Waals surface area contributed by atoms with E-state index >= 15 is 0 Å². The Kier molecular flexibility index (Phi) is 5.29. The molecule has 0 saturated carbocycles. The van der Waals surface area contributed by atoms with Crippen molar-refractivity contribution in [2.75, 3.05) is 0 Å². The van der Waals surface area contributed by atoms with Gasteiger partial charge in [0.2, 0.25) is 0 Å². The van der Waals surface area contributed by atoms with Crippen LogP contribution in [0.15, 0.2) is 60.7 Å². The van der Waals surface area contributed by atoms with Crippen LogP contribution < -0.4 is 9.47 Å². The van der Waals surface area contributed by atoms with Crippen LogP contribution in [0.4, 0.5) is 0 Å². The first kappa shape index (κ1) is 17.6. The molecule has 4 nitrogen and oxygen atoms in total. The van der Waals surface area contributed by atoms with E-state index in [1.54, 1.807) is 54.6 Å². The highest BCUT2D eigenvalue weighted by molar-refractivity contribution is 6.42. The quantitative estimate of drug-likeness (QED) is 0.530. The van der Waals surface area contributed by atoms with Crippen LogP contribution in [-0.2, 0) is 0 Å². The van der Waals surface area contributed by atoms with Gasteiger partial charge in [-0.2, -0.15) is 10.5 Å². The molecule has 26 heavy (non-hydrogen) atoms. The third kappa shape index (κ3) is 4.26. The van der Waals surface area contributed by atoms with Gasteiger partial charge in [0.25, 0.3) is 0 Å². The van der Waals surface area contributed by atoms with E-state index in [1.807, 2.05) is 12.1 Å². The summed E-state index contributed by atoms with van der Waals surface area (Å²) in [7, 11) is 0. The minimum atomic E-state index is 0.349. The van der Waals surface area contributed by atoms with E-state index in [0.717, 1.165) is 0 Å². The Bertz CT molecular complexity index is 1020. The van der Waals surface area contributed by atoms with Crippen LogP contribution in [0.1, 0.15) is 11.1 Å². The summed E-state index contributed by atoms with van der Waals surface area (Å²) in [5.74, 6) is 1.97. The minimum absolute atomic E-state index is 0.349. The molecule has 0 spiro atoms. The molecule has 0 radical (unpaired) electrons. The van der Waals surface area contributed by atoms with Gasteiger partial charge in [-0.25, -0.2) is 0 Å². The van der Waals surface area contributed by atoms with Crippen molar-refractivity contribution in [3.8, 4) is 35.1 Å². The SMILES string of the molecule is N#Cc1cc(C#N)cc(Oc2cccc(Oc3ccc(Cl)c(Cl)c3)c2)c1. The van der Waals surface area contributed by atoms with Crippen LogP contribution in [0.25, 0.3) is 0 Å². The Hall–Kier alpha value is -3.18. The lowest BCUT2D eigenvalue weighted by molar-refractivity contribution is 0.460. The fourth-order valence-corrected chi connectivity index (χ4v) is 2.49. The molecule has 0 atom stereocenters. The lowest BCUT2D eigenvalue weighted by Gasteiger charge is -2.10. The first-order chi connectivity index (χ1) is 12.6. The lowest BCUT2D eigenvalue weighted by atomic mass is 10.1. The largest absolute Gasteiger partial charge is 0.457 e. The topological polar surface area (TPSA) is 66.0 Å².